The number of nitro benzene ring substituents is 2. The molecular weight excluding hydrogens is 340 g/mol. The maximum Gasteiger partial charge on any atom is 0.299 e. The average molecular weight is 365 g/mol. The van der Waals surface area contributed by atoms with Gasteiger partial charge < -0.3 is 15.0 Å². The number of nitrogens with zero attached hydrogens (tertiary/aromatic N) is 2. The van der Waals surface area contributed by atoms with Gasteiger partial charge in [0.2, 0.25) is 0 Å². The number of nitrogens with one attached hydrogen (secondary N) is 2. The summed E-state index contributed by atoms with van der Waals surface area (Å²) in [5.74, 6) is 0. The van der Waals surface area contributed by atoms with E-state index in [0.29, 0.717) is 12.2 Å². The molecule has 3 rings (SSSR count). The molecule has 2 aliphatic rings. The van der Waals surface area contributed by atoms with Gasteiger partial charge in [0.25, 0.3) is 11.4 Å². The third-order valence-electron chi connectivity index (χ3n) is 5.66. The molecule has 1 aromatic carbocycles. The van der Waals surface area contributed by atoms with Crippen LogP contribution in [0.4, 0.5) is 17.1 Å². The minimum absolute atomic E-state index is 0.0394. The van der Waals surface area contributed by atoms with Gasteiger partial charge in [-0.25, -0.2) is 0 Å². The van der Waals surface area contributed by atoms with Crippen LogP contribution in [0.3, 0.4) is 0 Å². The molecule has 2 fully saturated rings. The summed E-state index contributed by atoms with van der Waals surface area (Å²) in [7, 11) is 0. The van der Waals surface area contributed by atoms with Crippen LogP contribution in [0.15, 0.2) is 18.2 Å². The van der Waals surface area contributed by atoms with Crippen LogP contribution in [0.2, 0.25) is 0 Å². The van der Waals surface area contributed by atoms with Gasteiger partial charge in [-0.2, -0.15) is 0 Å². The smallest absolute Gasteiger partial charge is 0.299 e. The lowest BCUT2D eigenvalue weighted by Gasteiger charge is -2.45. The van der Waals surface area contributed by atoms with E-state index in [1.165, 1.54) is 23.5 Å². The van der Waals surface area contributed by atoms with Gasteiger partial charge in [0.05, 0.1) is 35.7 Å². The second-order valence-electron chi connectivity index (χ2n) is 7.13. The molecule has 142 valence electrons. The van der Waals surface area contributed by atoms with E-state index >= 15 is 0 Å². The van der Waals surface area contributed by atoms with E-state index in [4.69, 9.17) is 4.74 Å². The lowest BCUT2D eigenvalue weighted by atomic mass is 9.79. The number of rotatable bonds is 6. The highest BCUT2D eigenvalue weighted by Crippen LogP contribution is 2.31. The minimum Gasteiger partial charge on any atom is -0.373 e. The summed E-state index contributed by atoms with van der Waals surface area (Å²) in [4.78, 5) is 22.6. The van der Waals surface area contributed by atoms with Crippen molar-refractivity contribution in [1.29, 1.82) is 0 Å². The molecule has 0 spiro atoms. The molecule has 0 atom stereocenters. The van der Waals surface area contributed by atoms with Crippen LogP contribution in [0.5, 0.6) is 0 Å². The zero-order valence-electron chi connectivity index (χ0n) is 14.7. The molecule has 2 N–H and O–H groups in total. The fraction of sp³-hybridized carbons (Fsp3) is 0.647. The van der Waals surface area contributed by atoms with Crippen molar-refractivity contribution in [2.24, 2.45) is 0 Å². The molecule has 0 unspecified atom stereocenters. The van der Waals surface area contributed by atoms with Gasteiger partial charge in [-0.05, 0) is 18.9 Å². The highest BCUT2D eigenvalue weighted by atomic mass is 16.6. The Balaban J connectivity index is 1.80. The first-order valence-electron chi connectivity index (χ1n) is 9.11. The monoisotopic (exact) mass is 365 g/mol. The number of hydrogen-bond donors (Lipinski definition) is 2. The Hall–Kier alpha value is -2.26. The van der Waals surface area contributed by atoms with Gasteiger partial charge in [-0.15, -0.1) is 0 Å². The van der Waals surface area contributed by atoms with E-state index in [0.717, 1.165) is 58.1 Å². The van der Waals surface area contributed by atoms with Crippen molar-refractivity contribution in [3.05, 3.63) is 38.4 Å². The fourth-order valence-electron chi connectivity index (χ4n) is 4.23. The molecule has 26 heavy (non-hydrogen) atoms. The maximum absolute atomic E-state index is 11.4. The maximum atomic E-state index is 11.4. The number of nitro groups is 2. The number of non-ortho nitro benzene ring substituents is 1. The summed E-state index contributed by atoms with van der Waals surface area (Å²) < 4.78 is 5.49. The Bertz CT molecular complexity index is 669. The lowest BCUT2D eigenvalue weighted by molar-refractivity contribution is -0.959. The molecule has 1 aliphatic heterocycles. The Morgan fingerprint density at radius 2 is 1.77 bits per heavy atom. The van der Waals surface area contributed by atoms with Gasteiger partial charge in [-0.1, -0.05) is 6.42 Å². The molecule has 1 heterocycles. The number of anilines is 1. The average Bonchev–Trinajstić information content (AvgIpc) is 2.67. The van der Waals surface area contributed by atoms with Crippen molar-refractivity contribution in [3.63, 3.8) is 0 Å². The molecule has 9 nitrogen and oxygen atoms in total. The van der Waals surface area contributed by atoms with Crippen molar-refractivity contribution >= 4 is 17.1 Å². The molecule has 9 heteroatoms. The molecule has 1 saturated carbocycles. The summed E-state index contributed by atoms with van der Waals surface area (Å²) in [6, 6.07) is 3.78. The summed E-state index contributed by atoms with van der Waals surface area (Å²) in [5.41, 5.74) is -0.133. The Labute approximate surface area is 151 Å². The zero-order chi connectivity index (χ0) is 18.6. The summed E-state index contributed by atoms with van der Waals surface area (Å²) in [6.07, 6.45) is 5.71. The van der Waals surface area contributed by atoms with E-state index in [2.05, 4.69) is 5.32 Å². The Morgan fingerprint density at radius 1 is 1.08 bits per heavy atom. The second-order valence-corrected chi connectivity index (χ2v) is 7.13. The van der Waals surface area contributed by atoms with Crippen LogP contribution in [0.1, 0.15) is 32.1 Å². The third-order valence-corrected chi connectivity index (χ3v) is 5.66. The van der Waals surface area contributed by atoms with Crippen LogP contribution >= 0.6 is 0 Å². The van der Waals surface area contributed by atoms with Crippen LogP contribution in [-0.4, -0.2) is 48.2 Å². The van der Waals surface area contributed by atoms with Crippen molar-refractivity contribution in [1.82, 2.24) is 0 Å². The van der Waals surface area contributed by atoms with E-state index in [1.54, 1.807) is 0 Å². The number of quaternary nitrogens is 1. The van der Waals surface area contributed by atoms with Gasteiger partial charge >= 0.3 is 0 Å². The van der Waals surface area contributed by atoms with Crippen LogP contribution in [-0.2, 0) is 4.74 Å². The largest absolute Gasteiger partial charge is 0.373 e. The van der Waals surface area contributed by atoms with Gasteiger partial charge in [-0.3, -0.25) is 20.2 Å². The molecule has 1 saturated heterocycles. The first-order valence-corrected chi connectivity index (χ1v) is 9.11. The molecule has 0 radical (unpaired) electrons. The van der Waals surface area contributed by atoms with E-state index in [-0.39, 0.29) is 16.9 Å². The minimum atomic E-state index is -0.614. The Kier molecular flexibility index (Phi) is 5.67. The topological polar surface area (TPSA) is 112 Å². The summed E-state index contributed by atoms with van der Waals surface area (Å²) in [5, 5.41) is 25.5. The number of ether oxygens (including phenoxy) is 1. The summed E-state index contributed by atoms with van der Waals surface area (Å²) in [6.45, 7) is 4.01. The first-order chi connectivity index (χ1) is 12.5. The highest BCUT2D eigenvalue weighted by molar-refractivity contribution is 5.65. The van der Waals surface area contributed by atoms with Crippen molar-refractivity contribution < 1.29 is 19.5 Å². The fourth-order valence-corrected chi connectivity index (χ4v) is 4.23. The van der Waals surface area contributed by atoms with Crippen LogP contribution in [0.25, 0.3) is 0 Å². The van der Waals surface area contributed by atoms with Gasteiger partial charge in [0, 0.05) is 18.9 Å². The predicted molar refractivity (Wildman–Crippen MR) is 95.6 cm³/mol. The predicted octanol–water partition coefficient (Wildman–Crippen LogP) is 1.53. The molecule has 1 aliphatic carbocycles. The number of benzene rings is 1. The van der Waals surface area contributed by atoms with E-state index < -0.39 is 9.85 Å². The van der Waals surface area contributed by atoms with Crippen molar-refractivity contribution in [2.75, 3.05) is 38.2 Å². The number of morpholine rings is 1. The van der Waals surface area contributed by atoms with Gasteiger partial charge in [0.1, 0.15) is 24.3 Å². The normalized spacial score (nSPS) is 20.5. The molecule has 0 aromatic heterocycles. The SMILES string of the molecule is O=[N+]([O-])c1ccc(NCC2([NH+]3CCOCC3)CCCCC2)c([N+](=O)[O-])c1. The van der Waals surface area contributed by atoms with Crippen LogP contribution < -0.4 is 10.2 Å². The zero-order valence-corrected chi connectivity index (χ0v) is 14.7. The van der Waals surface area contributed by atoms with Crippen molar-refractivity contribution in [2.45, 2.75) is 37.6 Å². The summed E-state index contributed by atoms with van der Waals surface area (Å²) >= 11 is 0. The molecule has 0 amide bonds. The van der Waals surface area contributed by atoms with Gasteiger partial charge in [0.15, 0.2) is 0 Å². The first kappa shape index (κ1) is 18.5. The lowest BCUT2D eigenvalue weighted by Crippen LogP contribution is -3.22. The molecule has 1 aromatic rings. The standard InChI is InChI=1S/C17H24N4O5/c22-20(23)14-4-5-15(16(12-14)21(24)25)18-13-17(6-2-1-3-7-17)19-8-10-26-11-9-19/h4-5,12,18H,1-3,6-11,13H2/p+1. The van der Waals surface area contributed by atoms with Crippen molar-refractivity contribution in [3.8, 4) is 0 Å². The van der Waals surface area contributed by atoms with Crippen LogP contribution in [0, 0.1) is 20.2 Å². The number of hydrogen-bond acceptors (Lipinski definition) is 6. The molecular formula is C17H25N4O5+. The molecule has 0 bridgehead atoms. The van der Waals surface area contributed by atoms with E-state index in [1.807, 2.05) is 0 Å². The quantitative estimate of drug-likeness (QED) is 0.584. The highest BCUT2D eigenvalue weighted by Gasteiger charge is 2.42. The Morgan fingerprint density at radius 3 is 2.38 bits per heavy atom. The third kappa shape index (κ3) is 3.94. The van der Waals surface area contributed by atoms with E-state index in [9.17, 15) is 20.2 Å². The second kappa shape index (κ2) is 7.96.